The van der Waals surface area contributed by atoms with Gasteiger partial charge in [0, 0.05) is 38.3 Å². The van der Waals surface area contributed by atoms with Crippen LogP contribution in [0.3, 0.4) is 0 Å². The summed E-state index contributed by atoms with van der Waals surface area (Å²) in [5.74, 6) is 0.644. The summed E-state index contributed by atoms with van der Waals surface area (Å²) in [6, 6.07) is 0.530. The molecule has 1 aromatic heterocycles. The van der Waals surface area contributed by atoms with Crippen LogP contribution in [-0.2, 0) is 0 Å². The molecule has 120 valence electrons. The normalized spacial score (nSPS) is 26.3. The summed E-state index contributed by atoms with van der Waals surface area (Å²) < 4.78 is 1.99. The van der Waals surface area contributed by atoms with Crippen LogP contribution in [0.25, 0.3) is 0 Å². The number of urea groups is 1. The van der Waals surface area contributed by atoms with Crippen LogP contribution in [0.1, 0.15) is 62.6 Å². The Morgan fingerprint density at radius 2 is 1.77 bits per heavy atom. The molecular formula is C16H25N5O. The van der Waals surface area contributed by atoms with Gasteiger partial charge in [-0.1, -0.05) is 18.1 Å². The molecule has 0 spiro atoms. The van der Waals surface area contributed by atoms with Crippen LogP contribution >= 0.6 is 0 Å². The number of carbonyl (C=O) groups excluding carboxylic acids is 1. The number of hydrogen-bond acceptors (Lipinski definition) is 3. The number of carbonyl (C=O) groups is 1. The Labute approximate surface area is 131 Å². The number of likely N-dealkylation sites (tertiary alicyclic amines) is 2. The molecule has 6 heteroatoms. The molecule has 1 unspecified atom stereocenters. The second-order valence-corrected chi connectivity index (χ2v) is 6.97. The third-order valence-corrected chi connectivity index (χ3v) is 5.21. The summed E-state index contributed by atoms with van der Waals surface area (Å²) in [5, 5.41) is 8.59. The first kappa shape index (κ1) is 14.0. The van der Waals surface area contributed by atoms with Crippen molar-refractivity contribution in [3.8, 4) is 0 Å². The minimum atomic E-state index is 0.229. The fourth-order valence-electron chi connectivity index (χ4n) is 3.63. The van der Waals surface area contributed by atoms with E-state index in [1.807, 2.05) is 14.5 Å². The molecule has 1 saturated carbocycles. The van der Waals surface area contributed by atoms with Gasteiger partial charge < -0.3 is 9.80 Å². The van der Waals surface area contributed by atoms with Gasteiger partial charge in [-0.05, 0) is 32.1 Å². The van der Waals surface area contributed by atoms with Crippen molar-refractivity contribution in [3.05, 3.63) is 11.9 Å². The van der Waals surface area contributed by atoms with Gasteiger partial charge in [0.2, 0.25) is 0 Å². The maximum atomic E-state index is 12.7. The van der Waals surface area contributed by atoms with E-state index >= 15 is 0 Å². The fourth-order valence-corrected chi connectivity index (χ4v) is 3.63. The molecule has 1 aromatic rings. The van der Waals surface area contributed by atoms with Gasteiger partial charge in [0.25, 0.3) is 0 Å². The molecule has 2 saturated heterocycles. The van der Waals surface area contributed by atoms with Crippen molar-refractivity contribution in [2.75, 3.05) is 26.2 Å². The largest absolute Gasteiger partial charge is 0.325 e. The van der Waals surface area contributed by atoms with Crippen molar-refractivity contribution in [1.29, 1.82) is 0 Å². The monoisotopic (exact) mass is 303 g/mol. The van der Waals surface area contributed by atoms with E-state index in [4.69, 9.17) is 0 Å². The highest BCUT2D eigenvalue weighted by atomic mass is 16.2. The smallest absolute Gasteiger partial charge is 0.320 e. The van der Waals surface area contributed by atoms with Crippen LogP contribution < -0.4 is 0 Å². The summed E-state index contributed by atoms with van der Waals surface area (Å²) in [7, 11) is 0. The Hall–Kier alpha value is -1.59. The van der Waals surface area contributed by atoms with Crippen LogP contribution in [0.5, 0.6) is 0 Å². The molecule has 4 rings (SSSR count). The van der Waals surface area contributed by atoms with E-state index in [0.29, 0.717) is 12.0 Å². The van der Waals surface area contributed by atoms with Crippen molar-refractivity contribution in [1.82, 2.24) is 24.8 Å². The first-order valence-electron chi connectivity index (χ1n) is 8.77. The minimum Gasteiger partial charge on any atom is -0.325 e. The summed E-state index contributed by atoms with van der Waals surface area (Å²) >= 11 is 0. The van der Waals surface area contributed by atoms with Crippen LogP contribution in [0.2, 0.25) is 0 Å². The van der Waals surface area contributed by atoms with Crippen LogP contribution in [0, 0.1) is 0 Å². The molecule has 3 heterocycles. The third-order valence-electron chi connectivity index (χ3n) is 5.21. The molecule has 0 aromatic carbocycles. The van der Waals surface area contributed by atoms with Crippen molar-refractivity contribution >= 4 is 6.03 Å². The molecule has 1 atom stereocenters. The van der Waals surface area contributed by atoms with E-state index in [1.54, 1.807) is 0 Å². The maximum absolute atomic E-state index is 12.7. The molecule has 1 aliphatic carbocycles. The first-order chi connectivity index (χ1) is 10.8. The molecule has 3 aliphatic rings. The van der Waals surface area contributed by atoms with Crippen molar-refractivity contribution in [3.63, 3.8) is 0 Å². The predicted octanol–water partition coefficient (Wildman–Crippen LogP) is 2.40. The first-order valence-corrected chi connectivity index (χ1v) is 8.77. The quantitative estimate of drug-likeness (QED) is 0.843. The Bertz CT molecular complexity index is 530. The number of rotatable bonds is 2. The molecule has 2 aliphatic heterocycles. The molecule has 2 amide bonds. The van der Waals surface area contributed by atoms with Gasteiger partial charge in [-0.25, -0.2) is 9.48 Å². The average Bonchev–Trinajstić information content (AvgIpc) is 3.17. The minimum absolute atomic E-state index is 0.229. The van der Waals surface area contributed by atoms with Gasteiger partial charge in [0.05, 0.1) is 11.7 Å². The van der Waals surface area contributed by atoms with Crippen molar-refractivity contribution in [2.24, 2.45) is 0 Å². The average molecular weight is 303 g/mol. The van der Waals surface area contributed by atoms with E-state index in [0.717, 1.165) is 51.1 Å². The second-order valence-electron chi connectivity index (χ2n) is 6.97. The van der Waals surface area contributed by atoms with Crippen molar-refractivity contribution < 1.29 is 4.79 Å². The lowest BCUT2D eigenvalue weighted by molar-refractivity contribution is 0.162. The highest BCUT2D eigenvalue weighted by Crippen LogP contribution is 2.39. The molecule has 0 radical (unpaired) electrons. The van der Waals surface area contributed by atoms with Gasteiger partial charge in [0.15, 0.2) is 0 Å². The Balaban J connectivity index is 1.37. The number of nitrogens with zero attached hydrogens (tertiary/aromatic N) is 5. The van der Waals surface area contributed by atoms with Crippen LogP contribution in [-0.4, -0.2) is 57.0 Å². The summed E-state index contributed by atoms with van der Waals surface area (Å²) in [4.78, 5) is 16.7. The van der Waals surface area contributed by atoms with E-state index < -0.39 is 0 Å². The maximum Gasteiger partial charge on any atom is 0.320 e. The van der Waals surface area contributed by atoms with Gasteiger partial charge in [-0.2, -0.15) is 0 Å². The lowest BCUT2D eigenvalue weighted by atomic mass is 10.2. The van der Waals surface area contributed by atoms with Gasteiger partial charge in [-0.3, -0.25) is 0 Å². The van der Waals surface area contributed by atoms with E-state index in [2.05, 4.69) is 16.5 Å². The van der Waals surface area contributed by atoms with Crippen LogP contribution in [0.15, 0.2) is 6.20 Å². The lowest BCUT2D eigenvalue weighted by Gasteiger charge is -2.26. The lowest BCUT2D eigenvalue weighted by Crippen LogP contribution is -2.42. The molecule has 3 fully saturated rings. The topological polar surface area (TPSA) is 54.3 Å². The summed E-state index contributed by atoms with van der Waals surface area (Å²) in [6.07, 6.45) is 10.4. The SMILES string of the molecule is O=C(N1CCCCCC1)N1CCC(n2cc(C3CC3)nn2)C1. The van der Waals surface area contributed by atoms with Gasteiger partial charge in [-0.15, -0.1) is 5.10 Å². The molecule has 6 nitrogen and oxygen atoms in total. The van der Waals surface area contributed by atoms with Gasteiger partial charge in [0.1, 0.15) is 0 Å². The zero-order valence-corrected chi connectivity index (χ0v) is 13.2. The summed E-state index contributed by atoms with van der Waals surface area (Å²) in [5.41, 5.74) is 1.14. The predicted molar refractivity (Wildman–Crippen MR) is 82.7 cm³/mol. The Morgan fingerprint density at radius 3 is 2.50 bits per heavy atom. The second kappa shape index (κ2) is 5.89. The zero-order chi connectivity index (χ0) is 14.9. The molecule has 22 heavy (non-hydrogen) atoms. The third kappa shape index (κ3) is 2.83. The van der Waals surface area contributed by atoms with Crippen molar-refractivity contribution in [2.45, 2.75) is 56.9 Å². The van der Waals surface area contributed by atoms with E-state index in [1.165, 1.54) is 25.7 Å². The molecule has 0 bridgehead atoms. The Kier molecular flexibility index (Phi) is 3.76. The standard InChI is InChI=1S/C16H25N5O/c22-16(19-8-3-1-2-4-9-19)20-10-7-14(11-20)21-12-15(17-18-21)13-5-6-13/h12-14H,1-11H2. The number of aromatic nitrogens is 3. The van der Waals surface area contributed by atoms with Crippen LogP contribution in [0.4, 0.5) is 4.79 Å². The fraction of sp³-hybridized carbons (Fsp3) is 0.812. The summed E-state index contributed by atoms with van der Waals surface area (Å²) in [6.45, 7) is 3.48. The number of hydrogen-bond donors (Lipinski definition) is 0. The zero-order valence-electron chi connectivity index (χ0n) is 13.2. The number of amides is 2. The van der Waals surface area contributed by atoms with Gasteiger partial charge >= 0.3 is 6.03 Å². The highest BCUT2D eigenvalue weighted by molar-refractivity contribution is 5.74. The molecular weight excluding hydrogens is 278 g/mol. The Morgan fingerprint density at radius 1 is 1.00 bits per heavy atom. The molecule has 0 N–H and O–H groups in total. The van der Waals surface area contributed by atoms with E-state index in [9.17, 15) is 4.79 Å². The highest BCUT2D eigenvalue weighted by Gasteiger charge is 2.32. The van der Waals surface area contributed by atoms with E-state index in [-0.39, 0.29) is 6.03 Å².